The first-order valence-corrected chi connectivity index (χ1v) is 12.6. The van der Waals surface area contributed by atoms with Gasteiger partial charge in [-0.25, -0.2) is 26.3 Å². The number of hydrogen-bond donors (Lipinski definition) is 0. The Balaban J connectivity index is 1.44. The van der Waals surface area contributed by atoms with Gasteiger partial charge in [0.1, 0.15) is 11.6 Å². The van der Waals surface area contributed by atoms with E-state index in [0.29, 0.717) is 11.5 Å². The molecule has 0 aliphatic heterocycles. The average Bonchev–Trinajstić information content (AvgIpc) is 2.85. The lowest BCUT2D eigenvalue weighted by atomic mass is 9.77. The van der Waals surface area contributed by atoms with Gasteiger partial charge in [-0.1, -0.05) is 56.2 Å². The fourth-order valence-corrected chi connectivity index (χ4v) is 5.40. The minimum absolute atomic E-state index is 0.0255. The lowest BCUT2D eigenvalue weighted by molar-refractivity contribution is 0.141. The van der Waals surface area contributed by atoms with Crippen molar-refractivity contribution in [1.82, 2.24) is 0 Å². The largest absolute Gasteiger partial charge is 0.269 e. The van der Waals surface area contributed by atoms with Crippen LogP contribution in [0.4, 0.5) is 26.3 Å². The van der Waals surface area contributed by atoms with E-state index < -0.39 is 35.3 Å². The molecule has 0 N–H and O–H groups in total. The third-order valence-electron chi connectivity index (χ3n) is 7.44. The maximum absolute atomic E-state index is 14.9. The van der Waals surface area contributed by atoms with Crippen molar-refractivity contribution in [2.75, 3.05) is 0 Å². The summed E-state index contributed by atoms with van der Waals surface area (Å²) in [5, 5.41) is 0. The Bertz CT molecular complexity index is 1150. The number of rotatable bonds is 8. The second kappa shape index (κ2) is 11.5. The zero-order valence-corrected chi connectivity index (χ0v) is 20.3. The second-order valence-electron chi connectivity index (χ2n) is 9.80. The Kier molecular flexibility index (Phi) is 8.43. The summed E-state index contributed by atoms with van der Waals surface area (Å²) in [7, 11) is 0. The number of alkyl halides is 2. The number of hydrogen-bond acceptors (Lipinski definition) is 0. The van der Waals surface area contributed by atoms with Crippen LogP contribution in [-0.2, 0) is 12.8 Å². The molecular formula is C30H30F6. The summed E-state index contributed by atoms with van der Waals surface area (Å²) < 4.78 is 82.9. The molecule has 1 fully saturated rings. The molecule has 192 valence electrons. The summed E-state index contributed by atoms with van der Waals surface area (Å²) in [4.78, 5) is 0. The van der Waals surface area contributed by atoms with Crippen LogP contribution in [0.3, 0.4) is 0 Å². The van der Waals surface area contributed by atoms with Crippen molar-refractivity contribution in [2.45, 2.75) is 70.6 Å². The fraction of sp³-hybridized carbons (Fsp3) is 0.400. The van der Waals surface area contributed by atoms with E-state index in [1.807, 2.05) is 24.3 Å². The highest BCUT2D eigenvalue weighted by Crippen LogP contribution is 2.38. The van der Waals surface area contributed by atoms with Crippen LogP contribution in [0.15, 0.2) is 48.5 Å². The van der Waals surface area contributed by atoms with E-state index in [2.05, 4.69) is 6.92 Å². The molecule has 36 heavy (non-hydrogen) atoms. The van der Waals surface area contributed by atoms with Crippen molar-refractivity contribution in [1.29, 1.82) is 0 Å². The van der Waals surface area contributed by atoms with Crippen molar-refractivity contribution in [2.24, 2.45) is 5.92 Å². The van der Waals surface area contributed by atoms with Gasteiger partial charge >= 0.3 is 0 Å². The third kappa shape index (κ3) is 5.79. The van der Waals surface area contributed by atoms with Crippen LogP contribution >= 0.6 is 0 Å². The van der Waals surface area contributed by atoms with E-state index in [4.69, 9.17) is 0 Å². The first-order valence-electron chi connectivity index (χ1n) is 12.6. The summed E-state index contributed by atoms with van der Waals surface area (Å²) in [6, 6.07) is 12.2. The van der Waals surface area contributed by atoms with E-state index in [-0.39, 0.29) is 29.5 Å². The Morgan fingerprint density at radius 2 is 1.42 bits per heavy atom. The van der Waals surface area contributed by atoms with Gasteiger partial charge in [-0.2, -0.15) is 0 Å². The molecule has 4 rings (SSSR count). The number of aryl methyl sites for hydroxylation is 2. The molecule has 0 radical (unpaired) electrons. The first kappa shape index (κ1) is 26.3. The van der Waals surface area contributed by atoms with Crippen LogP contribution in [0.1, 0.15) is 80.0 Å². The molecule has 1 aliphatic rings. The van der Waals surface area contributed by atoms with Gasteiger partial charge in [0.15, 0.2) is 11.6 Å². The molecule has 0 atom stereocenters. The van der Waals surface area contributed by atoms with Gasteiger partial charge in [-0.3, -0.25) is 0 Å². The van der Waals surface area contributed by atoms with Gasteiger partial charge in [-0.15, -0.1) is 0 Å². The van der Waals surface area contributed by atoms with Crippen molar-refractivity contribution >= 4 is 0 Å². The predicted molar refractivity (Wildman–Crippen MR) is 130 cm³/mol. The van der Waals surface area contributed by atoms with Gasteiger partial charge < -0.3 is 0 Å². The summed E-state index contributed by atoms with van der Waals surface area (Å²) in [6.07, 6.45) is 3.95. The molecular weight excluding hydrogens is 474 g/mol. The Morgan fingerprint density at radius 3 is 2.00 bits per heavy atom. The minimum Gasteiger partial charge on any atom is -0.206 e. The highest BCUT2D eigenvalue weighted by molar-refractivity contribution is 5.65. The Labute approximate surface area is 208 Å². The maximum atomic E-state index is 14.9. The van der Waals surface area contributed by atoms with Gasteiger partial charge in [0, 0.05) is 5.56 Å². The van der Waals surface area contributed by atoms with Crippen LogP contribution in [-0.4, -0.2) is 0 Å². The van der Waals surface area contributed by atoms with E-state index in [1.54, 1.807) is 0 Å². The lowest BCUT2D eigenvalue weighted by Crippen LogP contribution is -2.13. The van der Waals surface area contributed by atoms with E-state index in [1.165, 1.54) is 43.4 Å². The second-order valence-corrected chi connectivity index (χ2v) is 9.80. The molecule has 0 bridgehead atoms. The molecule has 3 aromatic carbocycles. The first-order chi connectivity index (χ1) is 17.3. The topological polar surface area (TPSA) is 0 Å². The normalized spacial score (nSPS) is 18.1. The van der Waals surface area contributed by atoms with Crippen LogP contribution in [0, 0.1) is 29.2 Å². The summed E-state index contributed by atoms with van der Waals surface area (Å²) >= 11 is 0. The Morgan fingerprint density at radius 1 is 0.778 bits per heavy atom. The van der Waals surface area contributed by atoms with Gasteiger partial charge in [-0.05, 0) is 84.7 Å². The lowest BCUT2D eigenvalue weighted by Gasteiger charge is -2.28. The monoisotopic (exact) mass is 504 g/mol. The molecule has 0 saturated heterocycles. The van der Waals surface area contributed by atoms with E-state index in [9.17, 15) is 26.3 Å². The molecule has 1 saturated carbocycles. The van der Waals surface area contributed by atoms with E-state index >= 15 is 0 Å². The predicted octanol–water partition coefficient (Wildman–Crippen LogP) is 9.71. The van der Waals surface area contributed by atoms with Crippen LogP contribution in [0.2, 0.25) is 0 Å². The molecule has 3 aromatic rings. The number of benzene rings is 3. The third-order valence-corrected chi connectivity index (χ3v) is 7.44. The van der Waals surface area contributed by atoms with Crippen molar-refractivity contribution < 1.29 is 26.3 Å². The minimum atomic E-state index is -3.27. The fourth-order valence-electron chi connectivity index (χ4n) is 5.40. The number of halogens is 6. The molecule has 0 unspecified atom stereocenters. The molecule has 0 amide bonds. The van der Waals surface area contributed by atoms with Crippen molar-refractivity contribution in [3.05, 3.63) is 94.1 Å². The highest BCUT2D eigenvalue weighted by atomic mass is 19.3. The zero-order valence-electron chi connectivity index (χ0n) is 20.3. The van der Waals surface area contributed by atoms with E-state index in [0.717, 1.165) is 30.9 Å². The molecule has 0 spiro atoms. The van der Waals surface area contributed by atoms with Gasteiger partial charge in [0.25, 0.3) is 6.43 Å². The van der Waals surface area contributed by atoms with Crippen LogP contribution < -0.4 is 0 Å². The summed E-state index contributed by atoms with van der Waals surface area (Å²) in [5.74, 6) is -3.38. The molecule has 1 aliphatic carbocycles. The summed E-state index contributed by atoms with van der Waals surface area (Å²) in [5.41, 5.74) is 0.813. The molecule has 6 heteroatoms. The van der Waals surface area contributed by atoms with Gasteiger partial charge in [0.05, 0.1) is 5.56 Å². The Hall–Kier alpha value is -2.76. The van der Waals surface area contributed by atoms with Gasteiger partial charge in [0.2, 0.25) is 0 Å². The quantitative estimate of drug-likeness (QED) is 0.268. The molecule has 0 nitrogen and oxygen atoms in total. The van der Waals surface area contributed by atoms with Crippen molar-refractivity contribution in [3.63, 3.8) is 0 Å². The van der Waals surface area contributed by atoms with Crippen molar-refractivity contribution in [3.8, 4) is 11.1 Å². The van der Waals surface area contributed by atoms with Crippen LogP contribution in [0.25, 0.3) is 11.1 Å². The molecule has 0 aromatic heterocycles. The maximum Gasteiger partial charge on any atom is 0.269 e. The molecule has 0 heterocycles. The smallest absolute Gasteiger partial charge is 0.206 e. The zero-order chi connectivity index (χ0) is 25.8. The average molecular weight is 505 g/mol. The summed E-state index contributed by atoms with van der Waals surface area (Å²) in [6.45, 7) is 2.22. The standard InChI is InChI=1S/C30H30F6/c1-2-3-18-4-7-20(8-5-18)21-10-12-22(13-11-21)24-15-14-23(28(33)29(24)34)9-6-19-16-25(31)27(30(35)36)26(32)17-19/h10-18,20,30H,2-9H2,1H3. The highest BCUT2D eigenvalue weighted by Gasteiger charge is 2.23. The SMILES string of the molecule is CCCC1CCC(c2ccc(-c3ccc(CCc4cc(F)c(C(F)F)c(F)c4)c(F)c3F)cc2)CC1. The van der Waals surface area contributed by atoms with Crippen LogP contribution in [0.5, 0.6) is 0 Å².